The first-order valence-electron chi connectivity index (χ1n) is 7.40. The summed E-state index contributed by atoms with van der Waals surface area (Å²) < 4.78 is 53.2. The van der Waals surface area contributed by atoms with E-state index in [9.17, 15) is 16.8 Å². The van der Waals surface area contributed by atoms with E-state index in [1.165, 1.54) is 29.6 Å². The van der Waals surface area contributed by atoms with Crippen molar-refractivity contribution in [1.29, 1.82) is 0 Å². The van der Waals surface area contributed by atoms with Crippen LogP contribution in [0.4, 0.5) is 0 Å². The highest BCUT2D eigenvalue weighted by Crippen LogP contribution is 2.25. The molecule has 1 aliphatic rings. The van der Waals surface area contributed by atoms with Crippen molar-refractivity contribution in [2.24, 2.45) is 0 Å². The molecule has 2 atom stereocenters. The van der Waals surface area contributed by atoms with Crippen LogP contribution < -0.4 is 10.0 Å². The standard InChI is InChI=1S/C14H23N3O4S2.ClH/c1-10-9-13(5-6-14(10)22(18,19)15-4)23(20,21)17-8-7-16-11(2)12(17)3;/h5-6,9,11-12,15-16H,7-8H2,1-4H3;1H. The lowest BCUT2D eigenvalue weighted by Gasteiger charge is -2.37. The Morgan fingerprint density at radius 3 is 2.38 bits per heavy atom. The van der Waals surface area contributed by atoms with Crippen molar-refractivity contribution in [3.8, 4) is 0 Å². The predicted octanol–water partition coefficient (Wildman–Crippen LogP) is 0.696. The molecule has 1 heterocycles. The number of sulfonamides is 2. The Bertz CT molecular complexity index is 796. The van der Waals surface area contributed by atoms with Crippen molar-refractivity contribution in [1.82, 2.24) is 14.3 Å². The average Bonchev–Trinajstić information content (AvgIpc) is 2.49. The average molecular weight is 398 g/mol. The van der Waals surface area contributed by atoms with Crippen molar-refractivity contribution in [2.75, 3.05) is 20.1 Å². The first-order valence-corrected chi connectivity index (χ1v) is 10.3. The number of nitrogens with one attached hydrogen (secondary N) is 2. The molecule has 0 saturated carbocycles. The number of piperazine rings is 1. The molecule has 1 aromatic carbocycles. The number of aryl methyl sites for hydroxylation is 1. The van der Waals surface area contributed by atoms with Crippen LogP contribution in [0, 0.1) is 6.92 Å². The summed E-state index contributed by atoms with van der Waals surface area (Å²) in [6.07, 6.45) is 0. The highest BCUT2D eigenvalue weighted by Gasteiger charge is 2.34. The van der Waals surface area contributed by atoms with Gasteiger partial charge >= 0.3 is 0 Å². The van der Waals surface area contributed by atoms with Gasteiger partial charge in [-0.2, -0.15) is 4.31 Å². The van der Waals surface area contributed by atoms with Crippen LogP contribution in [-0.2, 0) is 20.0 Å². The van der Waals surface area contributed by atoms with Gasteiger partial charge in [0.15, 0.2) is 0 Å². The molecule has 2 rings (SSSR count). The van der Waals surface area contributed by atoms with Gasteiger partial charge in [-0.1, -0.05) is 0 Å². The third-order valence-corrected chi connectivity index (χ3v) is 7.84. The lowest BCUT2D eigenvalue weighted by molar-refractivity contribution is 0.233. The largest absolute Gasteiger partial charge is 0.311 e. The summed E-state index contributed by atoms with van der Waals surface area (Å²) in [6, 6.07) is 3.99. The lowest BCUT2D eigenvalue weighted by Crippen LogP contribution is -2.57. The van der Waals surface area contributed by atoms with Gasteiger partial charge in [-0.15, -0.1) is 12.4 Å². The van der Waals surface area contributed by atoms with Crippen molar-refractivity contribution in [3.05, 3.63) is 23.8 Å². The molecule has 0 aliphatic carbocycles. The quantitative estimate of drug-likeness (QED) is 0.779. The van der Waals surface area contributed by atoms with Crippen LogP contribution in [0.25, 0.3) is 0 Å². The molecule has 0 spiro atoms. The van der Waals surface area contributed by atoms with Crippen LogP contribution in [0.5, 0.6) is 0 Å². The number of hydrogen-bond donors (Lipinski definition) is 2. The van der Waals surface area contributed by atoms with E-state index in [1.54, 1.807) is 6.92 Å². The Hall–Kier alpha value is -0.710. The zero-order valence-electron chi connectivity index (χ0n) is 14.1. The zero-order valence-corrected chi connectivity index (χ0v) is 16.6. The van der Waals surface area contributed by atoms with Gasteiger partial charge in [-0.05, 0) is 51.6 Å². The molecule has 1 fully saturated rings. The van der Waals surface area contributed by atoms with E-state index in [0.29, 0.717) is 18.7 Å². The van der Waals surface area contributed by atoms with Gasteiger partial charge < -0.3 is 5.32 Å². The smallest absolute Gasteiger partial charge is 0.243 e. The normalized spacial score (nSPS) is 22.8. The molecule has 0 bridgehead atoms. The van der Waals surface area contributed by atoms with E-state index in [-0.39, 0.29) is 34.3 Å². The Balaban J connectivity index is 0.00000288. The molecular weight excluding hydrogens is 374 g/mol. The summed E-state index contributed by atoms with van der Waals surface area (Å²) >= 11 is 0. The fraction of sp³-hybridized carbons (Fsp3) is 0.571. The molecule has 2 N–H and O–H groups in total. The Morgan fingerprint density at radius 1 is 1.21 bits per heavy atom. The van der Waals surface area contributed by atoms with Gasteiger partial charge in [0.05, 0.1) is 9.79 Å². The number of halogens is 1. The fourth-order valence-electron chi connectivity index (χ4n) is 2.69. The Morgan fingerprint density at radius 2 is 1.83 bits per heavy atom. The van der Waals surface area contributed by atoms with Crippen LogP contribution in [0.3, 0.4) is 0 Å². The van der Waals surface area contributed by atoms with Crippen molar-refractivity contribution in [3.63, 3.8) is 0 Å². The van der Waals surface area contributed by atoms with Gasteiger partial charge in [0.1, 0.15) is 0 Å². The molecule has 1 aromatic rings. The summed E-state index contributed by atoms with van der Waals surface area (Å²) in [5.41, 5.74) is 0.399. The second-order valence-electron chi connectivity index (χ2n) is 5.73. The maximum atomic E-state index is 12.9. The first kappa shape index (κ1) is 21.3. The molecule has 0 aromatic heterocycles. The van der Waals surface area contributed by atoms with E-state index in [1.807, 2.05) is 13.8 Å². The van der Waals surface area contributed by atoms with E-state index < -0.39 is 20.0 Å². The van der Waals surface area contributed by atoms with Gasteiger partial charge in [-0.25, -0.2) is 21.6 Å². The van der Waals surface area contributed by atoms with Crippen LogP contribution in [0.2, 0.25) is 0 Å². The van der Waals surface area contributed by atoms with Gasteiger partial charge in [0, 0.05) is 25.2 Å². The number of nitrogens with zero attached hydrogens (tertiary/aromatic N) is 1. The van der Waals surface area contributed by atoms with Gasteiger partial charge in [0.25, 0.3) is 0 Å². The maximum absolute atomic E-state index is 12.9. The topological polar surface area (TPSA) is 95.6 Å². The first-order chi connectivity index (χ1) is 10.6. The second-order valence-corrected chi connectivity index (χ2v) is 9.48. The molecule has 1 saturated heterocycles. The summed E-state index contributed by atoms with van der Waals surface area (Å²) in [5.74, 6) is 0. The predicted molar refractivity (Wildman–Crippen MR) is 95.5 cm³/mol. The molecule has 1 aliphatic heterocycles. The van der Waals surface area contributed by atoms with Crippen LogP contribution in [0.15, 0.2) is 28.0 Å². The molecule has 0 amide bonds. The summed E-state index contributed by atoms with van der Waals surface area (Å²) in [5, 5.41) is 3.24. The number of hydrogen-bond acceptors (Lipinski definition) is 5. The van der Waals surface area contributed by atoms with E-state index in [4.69, 9.17) is 0 Å². The molecule has 7 nitrogen and oxygen atoms in total. The van der Waals surface area contributed by atoms with Crippen LogP contribution >= 0.6 is 12.4 Å². The molecule has 2 unspecified atom stereocenters. The van der Waals surface area contributed by atoms with Crippen LogP contribution in [-0.4, -0.2) is 53.4 Å². The monoisotopic (exact) mass is 397 g/mol. The lowest BCUT2D eigenvalue weighted by atomic mass is 10.1. The number of benzene rings is 1. The van der Waals surface area contributed by atoms with Crippen molar-refractivity contribution in [2.45, 2.75) is 42.6 Å². The second kappa shape index (κ2) is 7.67. The number of rotatable bonds is 4. The van der Waals surface area contributed by atoms with E-state index in [2.05, 4.69) is 10.0 Å². The van der Waals surface area contributed by atoms with E-state index in [0.717, 1.165) is 0 Å². The van der Waals surface area contributed by atoms with Gasteiger partial charge in [-0.3, -0.25) is 0 Å². The fourth-order valence-corrected chi connectivity index (χ4v) is 5.43. The summed E-state index contributed by atoms with van der Waals surface area (Å²) in [6.45, 7) is 6.38. The third-order valence-electron chi connectivity index (χ3n) is 4.29. The minimum absolute atomic E-state index is 0. The molecule has 10 heteroatoms. The SMILES string of the molecule is CNS(=O)(=O)c1ccc(S(=O)(=O)N2CCNC(C)C2C)cc1C.Cl. The molecule has 0 radical (unpaired) electrons. The Labute approximate surface area is 150 Å². The maximum Gasteiger partial charge on any atom is 0.243 e. The zero-order chi connectivity index (χ0) is 17.4. The minimum Gasteiger partial charge on any atom is -0.311 e. The van der Waals surface area contributed by atoms with E-state index >= 15 is 0 Å². The van der Waals surface area contributed by atoms with Gasteiger partial charge in [0.2, 0.25) is 20.0 Å². The third kappa shape index (κ3) is 3.92. The van der Waals surface area contributed by atoms with Crippen molar-refractivity contribution >= 4 is 32.5 Å². The minimum atomic E-state index is -3.66. The summed E-state index contributed by atoms with van der Waals surface area (Å²) in [4.78, 5) is 0.201. The highest BCUT2D eigenvalue weighted by atomic mass is 35.5. The van der Waals surface area contributed by atoms with Crippen molar-refractivity contribution < 1.29 is 16.8 Å². The molecular formula is C14H24ClN3O4S2. The summed E-state index contributed by atoms with van der Waals surface area (Å²) in [7, 11) is -5.94. The molecule has 24 heavy (non-hydrogen) atoms. The Kier molecular flexibility index (Phi) is 6.82. The highest BCUT2D eigenvalue weighted by molar-refractivity contribution is 7.89. The van der Waals surface area contributed by atoms with Crippen LogP contribution in [0.1, 0.15) is 19.4 Å². The molecule has 138 valence electrons.